The maximum Gasteiger partial charge on any atom is 0.308 e. The van der Waals surface area contributed by atoms with Gasteiger partial charge in [-0.2, -0.15) is 0 Å². The van der Waals surface area contributed by atoms with Crippen LogP contribution in [0, 0.1) is 18.3 Å². The number of carbonyl (C=O) groups is 7. The van der Waals surface area contributed by atoms with Crippen LogP contribution in [0.2, 0.25) is 0 Å². The highest BCUT2D eigenvalue weighted by Gasteiger charge is 2.49. The van der Waals surface area contributed by atoms with Crippen LogP contribution in [0.5, 0.6) is 0 Å². The Morgan fingerprint density at radius 2 is 1.50 bits per heavy atom. The molecule has 0 aliphatic carbocycles. The Balaban J connectivity index is 1.66. The van der Waals surface area contributed by atoms with E-state index >= 15 is 0 Å². The minimum Gasteiger partial charge on any atom is -0.444 e. The van der Waals surface area contributed by atoms with Gasteiger partial charge in [0.2, 0.25) is 29.5 Å². The lowest BCUT2D eigenvalue weighted by Gasteiger charge is -2.35. The van der Waals surface area contributed by atoms with E-state index in [0.717, 1.165) is 16.0 Å². The predicted octanol–water partition coefficient (Wildman–Crippen LogP) is 1.64. The molecule has 0 radical (unpaired) electrons. The molecular formula is C46H62N6O10. The normalized spacial score (nSPS) is 17.9. The Kier molecular flexibility index (Phi) is 19.1. The first kappa shape index (κ1) is 49.0. The number of hydrogen-bond acceptors (Lipinski definition) is 11. The van der Waals surface area contributed by atoms with E-state index in [-0.39, 0.29) is 69.4 Å². The molecule has 4 rings (SSSR count). The van der Waals surface area contributed by atoms with Crippen molar-refractivity contribution in [3.05, 3.63) is 71.8 Å². The van der Waals surface area contributed by atoms with E-state index in [4.69, 9.17) is 20.6 Å². The summed E-state index contributed by atoms with van der Waals surface area (Å²) in [6, 6.07) is 13.8. The lowest BCUT2D eigenvalue weighted by Crippen LogP contribution is -2.60. The van der Waals surface area contributed by atoms with Crippen molar-refractivity contribution in [1.29, 1.82) is 0 Å². The molecule has 2 saturated heterocycles. The number of rotatable bonds is 24. The Morgan fingerprint density at radius 3 is 2.10 bits per heavy atom. The predicted molar refractivity (Wildman–Crippen MR) is 230 cm³/mol. The topological polar surface area (TPSA) is 196 Å². The van der Waals surface area contributed by atoms with Crippen LogP contribution >= 0.6 is 0 Å². The number of benzene rings is 2. The van der Waals surface area contributed by atoms with Crippen LogP contribution in [-0.2, 0) is 60.6 Å². The molecule has 0 bridgehead atoms. The van der Waals surface area contributed by atoms with Crippen LogP contribution in [0.3, 0.4) is 0 Å². The molecule has 2 aromatic rings. The number of nitrogens with one attached hydrogen (secondary N) is 3. The van der Waals surface area contributed by atoms with E-state index in [2.05, 4.69) is 21.9 Å². The number of epoxide rings is 1. The molecule has 2 aliphatic rings. The zero-order valence-electron chi connectivity index (χ0n) is 36.6. The van der Waals surface area contributed by atoms with Gasteiger partial charge in [0.1, 0.15) is 23.7 Å². The van der Waals surface area contributed by atoms with Crippen LogP contribution in [0.25, 0.3) is 0 Å². The van der Waals surface area contributed by atoms with Gasteiger partial charge >= 0.3 is 5.97 Å². The summed E-state index contributed by atoms with van der Waals surface area (Å²) in [7, 11) is 1.51. The lowest BCUT2D eigenvalue weighted by atomic mass is 9.98. The lowest BCUT2D eigenvalue weighted by molar-refractivity contribution is -0.161. The van der Waals surface area contributed by atoms with Gasteiger partial charge in [0, 0.05) is 33.0 Å². The Bertz CT molecular complexity index is 1880. The molecule has 0 aromatic heterocycles. The van der Waals surface area contributed by atoms with Gasteiger partial charge in [-0.15, -0.1) is 6.42 Å². The smallest absolute Gasteiger partial charge is 0.308 e. The van der Waals surface area contributed by atoms with Crippen molar-refractivity contribution < 1.29 is 47.8 Å². The summed E-state index contributed by atoms with van der Waals surface area (Å²) in [5.74, 6) is -1.77. The average molecular weight is 859 g/mol. The molecule has 16 heteroatoms. The number of Topliss-reactive ketones (excluding diaryl/α,β-unsaturated/α-hetero) is 1. The maximum absolute atomic E-state index is 15.0. The summed E-state index contributed by atoms with van der Waals surface area (Å²) in [6.07, 6.45) is 5.44. The molecule has 62 heavy (non-hydrogen) atoms. The molecule has 16 nitrogen and oxygen atoms in total. The van der Waals surface area contributed by atoms with E-state index in [9.17, 15) is 33.6 Å². The molecule has 0 unspecified atom stereocenters. The first-order valence-corrected chi connectivity index (χ1v) is 21.2. The Hall–Kier alpha value is -5.63. The number of terminal acetylenes is 1. The minimum absolute atomic E-state index is 0.00794. The third-order valence-corrected chi connectivity index (χ3v) is 10.8. The highest BCUT2D eigenvalue weighted by molar-refractivity contribution is 5.98. The molecule has 0 spiro atoms. The monoisotopic (exact) mass is 858 g/mol. The van der Waals surface area contributed by atoms with E-state index in [1.807, 2.05) is 55.1 Å². The summed E-state index contributed by atoms with van der Waals surface area (Å²) in [4.78, 5) is 100. The summed E-state index contributed by atoms with van der Waals surface area (Å²) in [5, 5.41) is 8.48. The SMILES string of the molecule is C#CCN(C)C(=O)CCC(=O)OCN(C(=O)[C@H](CCc1ccccc1)NC(=O)CN1CCOCC1)[C@@H](CC(C)C)C(=O)N[C@@H](Cc1ccccc1)C(=O)N[C@@H](C)C(=O)[C@@]1(C)CO1. The van der Waals surface area contributed by atoms with Gasteiger partial charge in [-0.1, -0.05) is 80.4 Å². The van der Waals surface area contributed by atoms with Crippen molar-refractivity contribution in [2.24, 2.45) is 5.92 Å². The summed E-state index contributed by atoms with van der Waals surface area (Å²) in [6.45, 7) is 8.50. The molecule has 2 heterocycles. The van der Waals surface area contributed by atoms with E-state index in [0.29, 0.717) is 32.7 Å². The first-order valence-electron chi connectivity index (χ1n) is 21.2. The average Bonchev–Trinajstić information content (AvgIpc) is 4.01. The van der Waals surface area contributed by atoms with Gasteiger partial charge in [0.05, 0.1) is 45.4 Å². The number of hydrogen-bond donors (Lipinski definition) is 3. The molecule has 2 aromatic carbocycles. The fourth-order valence-corrected chi connectivity index (χ4v) is 7.00. The highest BCUT2D eigenvalue weighted by Crippen LogP contribution is 2.28. The fourth-order valence-electron chi connectivity index (χ4n) is 7.00. The van der Waals surface area contributed by atoms with Gasteiger partial charge in [-0.3, -0.25) is 43.4 Å². The Morgan fingerprint density at radius 1 is 0.871 bits per heavy atom. The molecule has 3 N–H and O–H groups in total. The van der Waals surface area contributed by atoms with Gasteiger partial charge in [0.25, 0.3) is 0 Å². The van der Waals surface area contributed by atoms with Gasteiger partial charge in [0.15, 0.2) is 12.5 Å². The van der Waals surface area contributed by atoms with Gasteiger partial charge < -0.3 is 35.1 Å². The van der Waals surface area contributed by atoms with Gasteiger partial charge in [-0.05, 0) is 50.2 Å². The minimum atomic E-state index is -1.31. The van der Waals surface area contributed by atoms with Crippen molar-refractivity contribution in [1.82, 2.24) is 30.7 Å². The summed E-state index contributed by atoms with van der Waals surface area (Å²) < 4.78 is 16.4. The van der Waals surface area contributed by atoms with Gasteiger partial charge in [-0.25, -0.2) is 0 Å². The van der Waals surface area contributed by atoms with Crippen molar-refractivity contribution in [2.75, 3.05) is 59.8 Å². The van der Waals surface area contributed by atoms with E-state index in [1.165, 1.54) is 11.9 Å². The zero-order chi connectivity index (χ0) is 45.2. The maximum atomic E-state index is 15.0. The number of morpholine rings is 1. The van der Waals surface area contributed by atoms with Crippen molar-refractivity contribution in [3.8, 4) is 12.3 Å². The quantitative estimate of drug-likeness (QED) is 0.0601. The molecular weight excluding hydrogens is 797 g/mol. The van der Waals surface area contributed by atoms with E-state index < -0.39 is 66.1 Å². The second-order valence-corrected chi connectivity index (χ2v) is 16.5. The van der Waals surface area contributed by atoms with Crippen LogP contribution < -0.4 is 16.0 Å². The second-order valence-electron chi connectivity index (χ2n) is 16.5. The third kappa shape index (κ3) is 15.7. The zero-order valence-corrected chi connectivity index (χ0v) is 36.6. The second kappa shape index (κ2) is 24.1. The number of amides is 5. The van der Waals surface area contributed by atoms with Crippen LogP contribution in [0.4, 0.5) is 0 Å². The number of aryl methyl sites for hydroxylation is 1. The number of nitrogens with zero attached hydrogens (tertiary/aromatic N) is 3. The van der Waals surface area contributed by atoms with Crippen LogP contribution in [-0.4, -0.2) is 146 Å². The summed E-state index contributed by atoms with van der Waals surface area (Å²) >= 11 is 0. The summed E-state index contributed by atoms with van der Waals surface area (Å²) in [5.41, 5.74) is 0.634. The molecule has 2 aliphatic heterocycles. The van der Waals surface area contributed by atoms with Crippen molar-refractivity contribution in [3.63, 3.8) is 0 Å². The highest BCUT2D eigenvalue weighted by atomic mass is 16.6. The first-order chi connectivity index (χ1) is 29.6. The molecule has 2 fully saturated rings. The number of ketones is 1. The largest absolute Gasteiger partial charge is 0.444 e. The van der Waals surface area contributed by atoms with Crippen LogP contribution in [0.1, 0.15) is 64.5 Å². The van der Waals surface area contributed by atoms with Crippen molar-refractivity contribution in [2.45, 2.75) is 96.0 Å². The molecule has 5 atom stereocenters. The number of carbonyl (C=O) groups excluding carboxylic acids is 7. The van der Waals surface area contributed by atoms with Crippen LogP contribution in [0.15, 0.2) is 60.7 Å². The van der Waals surface area contributed by atoms with E-state index in [1.54, 1.807) is 38.1 Å². The third-order valence-electron chi connectivity index (χ3n) is 10.8. The fraction of sp³-hybridized carbons (Fsp3) is 0.543. The molecule has 5 amide bonds. The van der Waals surface area contributed by atoms with Crippen molar-refractivity contribution >= 4 is 41.3 Å². The molecule has 0 saturated carbocycles. The molecule has 336 valence electrons. The standard InChI is InChI=1S/C46H62N6O10/c1-7-22-50(6)40(54)20-21-41(55)61-31-52(45(59)36(19-18-34-14-10-8-11-15-34)48-39(53)29-51-23-25-60-26-24-51)38(27-32(2)3)44(58)49-37(28-35-16-12-9-13-17-35)43(57)47-33(4)42(56)46(5)30-62-46/h1,8-17,32-33,36-38H,18-31H2,2-6H3,(H,47,57)(H,48,53)(H,49,58)/t33-,36-,37-,38-,46+/m0/s1. The number of ether oxygens (including phenoxy) is 3. The number of esters is 1. The Labute approximate surface area is 364 Å².